The molecule has 0 unspecified atom stereocenters. The van der Waals surface area contributed by atoms with Crippen molar-refractivity contribution in [3.63, 3.8) is 0 Å². The second kappa shape index (κ2) is 7.43. The van der Waals surface area contributed by atoms with Gasteiger partial charge in [0, 0.05) is 17.8 Å². The van der Waals surface area contributed by atoms with Gasteiger partial charge in [0.25, 0.3) is 5.91 Å². The molecule has 1 aromatic heterocycles. The topological polar surface area (TPSA) is 62.6 Å². The Bertz CT molecular complexity index is 546. The molecule has 3 atom stereocenters. The Balaban J connectivity index is 1.63. The highest BCUT2D eigenvalue weighted by molar-refractivity contribution is 7.99. The SMILES string of the molecule is CCS[C@@H]1CCC[C@H]1NC(=O)[C@@H]1CCCN1C(=O)c1ccco1. The number of hydrogen-bond acceptors (Lipinski definition) is 4. The average molecular weight is 336 g/mol. The van der Waals surface area contributed by atoms with E-state index in [1.165, 1.54) is 19.1 Å². The third-order valence-corrected chi connectivity index (χ3v) is 6.03. The number of rotatable bonds is 5. The van der Waals surface area contributed by atoms with Gasteiger partial charge in [0.15, 0.2) is 5.76 Å². The lowest BCUT2D eigenvalue weighted by Gasteiger charge is -2.26. The lowest BCUT2D eigenvalue weighted by atomic mass is 10.1. The fourth-order valence-corrected chi connectivity index (χ4v) is 4.81. The number of likely N-dealkylation sites (tertiary alicyclic amines) is 1. The third-order valence-electron chi connectivity index (χ3n) is 4.71. The minimum atomic E-state index is -0.361. The van der Waals surface area contributed by atoms with Crippen molar-refractivity contribution in [2.45, 2.75) is 56.4 Å². The van der Waals surface area contributed by atoms with E-state index in [-0.39, 0.29) is 23.9 Å². The summed E-state index contributed by atoms with van der Waals surface area (Å²) < 4.78 is 5.19. The van der Waals surface area contributed by atoms with Crippen molar-refractivity contribution < 1.29 is 14.0 Å². The Labute approximate surface area is 141 Å². The second-order valence-electron chi connectivity index (χ2n) is 6.17. The van der Waals surface area contributed by atoms with Crippen LogP contribution >= 0.6 is 11.8 Å². The summed E-state index contributed by atoms with van der Waals surface area (Å²) in [5, 5.41) is 3.72. The van der Waals surface area contributed by atoms with E-state index in [1.54, 1.807) is 17.0 Å². The van der Waals surface area contributed by atoms with E-state index in [1.807, 2.05) is 11.8 Å². The van der Waals surface area contributed by atoms with Crippen LogP contribution in [-0.4, -0.2) is 46.3 Å². The average Bonchev–Trinajstić information content (AvgIpc) is 3.29. The van der Waals surface area contributed by atoms with Crippen LogP contribution in [0.3, 0.4) is 0 Å². The molecule has 2 fully saturated rings. The first-order chi connectivity index (χ1) is 11.2. The van der Waals surface area contributed by atoms with Gasteiger partial charge in [-0.05, 0) is 43.6 Å². The molecule has 2 amide bonds. The summed E-state index contributed by atoms with van der Waals surface area (Å²) in [5.41, 5.74) is 0. The van der Waals surface area contributed by atoms with Crippen molar-refractivity contribution in [2.75, 3.05) is 12.3 Å². The van der Waals surface area contributed by atoms with Crippen LogP contribution in [0.4, 0.5) is 0 Å². The van der Waals surface area contributed by atoms with Crippen molar-refractivity contribution in [1.82, 2.24) is 10.2 Å². The summed E-state index contributed by atoms with van der Waals surface area (Å²) in [4.78, 5) is 26.8. The summed E-state index contributed by atoms with van der Waals surface area (Å²) >= 11 is 1.93. The lowest BCUT2D eigenvalue weighted by molar-refractivity contribution is -0.125. The molecule has 3 rings (SSSR count). The van der Waals surface area contributed by atoms with E-state index >= 15 is 0 Å². The summed E-state index contributed by atoms with van der Waals surface area (Å²) in [7, 11) is 0. The van der Waals surface area contributed by atoms with Gasteiger partial charge in [0.2, 0.25) is 5.91 Å². The van der Waals surface area contributed by atoms with Crippen LogP contribution in [0.2, 0.25) is 0 Å². The predicted molar refractivity (Wildman–Crippen MR) is 90.5 cm³/mol. The highest BCUT2D eigenvalue weighted by atomic mass is 32.2. The zero-order valence-corrected chi connectivity index (χ0v) is 14.3. The molecule has 0 bridgehead atoms. The van der Waals surface area contributed by atoms with Gasteiger partial charge in [-0.1, -0.05) is 13.3 Å². The largest absolute Gasteiger partial charge is 0.459 e. The zero-order valence-electron chi connectivity index (χ0n) is 13.5. The minimum absolute atomic E-state index is 0.00370. The fraction of sp³-hybridized carbons (Fsp3) is 0.647. The number of nitrogens with zero attached hydrogens (tertiary/aromatic N) is 1. The van der Waals surface area contributed by atoms with Crippen LogP contribution in [-0.2, 0) is 4.79 Å². The van der Waals surface area contributed by atoms with Gasteiger partial charge in [-0.2, -0.15) is 11.8 Å². The van der Waals surface area contributed by atoms with Gasteiger partial charge < -0.3 is 14.6 Å². The molecule has 6 heteroatoms. The highest BCUT2D eigenvalue weighted by Crippen LogP contribution is 2.30. The lowest BCUT2D eigenvalue weighted by Crippen LogP contribution is -2.50. The fourth-order valence-electron chi connectivity index (χ4n) is 3.61. The summed E-state index contributed by atoms with van der Waals surface area (Å²) in [6, 6.07) is 3.23. The van der Waals surface area contributed by atoms with Crippen LogP contribution < -0.4 is 5.32 Å². The van der Waals surface area contributed by atoms with E-state index in [0.717, 1.165) is 25.0 Å². The van der Waals surface area contributed by atoms with Gasteiger partial charge in [-0.3, -0.25) is 9.59 Å². The number of carbonyl (C=O) groups excluding carboxylic acids is 2. The molecule has 1 aliphatic heterocycles. The molecule has 23 heavy (non-hydrogen) atoms. The molecule has 0 aromatic carbocycles. The van der Waals surface area contributed by atoms with E-state index in [9.17, 15) is 9.59 Å². The normalized spacial score (nSPS) is 27.3. The van der Waals surface area contributed by atoms with Crippen LogP contribution in [0.1, 0.15) is 49.6 Å². The van der Waals surface area contributed by atoms with Gasteiger partial charge in [-0.15, -0.1) is 0 Å². The van der Waals surface area contributed by atoms with Gasteiger partial charge >= 0.3 is 0 Å². The summed E-state index contributed by atoms with van der Waals surface area (Å²) in [5.74, 6) is 1.20. The monoisotopic (exact) mass is 336 g/mol. The maximum Gasteiger partial charge on any atom is 0.290 e. The van der Waals surface area contributed by atoms with Gasteiger partial charge in [-0.25, -0.2) is 0 Å². The molecule has 126 valence electrons. The van der Waals surface area contributed by atoms with Crippen LogP contribution in [0.5, 0.6) is 0 Å². The molecule has 1 saturated carbocycles. The highest BCUT2D eigenvalue weighted by Gasteiger charge is 2.37. The van der Waals surface area contributed by atoms with Crippen LogP contribution in [0.25, 0.3) is 0 Å². The summed E-state index contributed by atoms with van der Waals surface area (Å²) in [6.45, 7) is 2.78. The van der Waals surface area contributed by atoms with Crippen molar-refractivity contribution in [1.29, 1.82) is 0 Å². The number of hydrogen-bond donors (Lipinski definition) is 1. The molecular weight excluding hydrogens is 312 g/mol. The maximum atomic E-state index is 12.7. The molecule has 2 heterocycles. The second-order valence-corrected chi connectivity index (χ2v) is 7.69. The minimum Gasteiger partial charge on any atom is -0.459 e. The molecule has 5 nitrogen and oxygen atoms in total. The van der Waals surface area contributed by atoms with E-state index in [0.29, 0.717) is 17.6 Å². The molecule has 0 spiro atoms. The first kappa shape index (κ1) is 16.4. The van der Waals surface area contributed by atoms with Gasteiger partial charge in [0.05, 0.1) is 6.26 Å². The quantitative estimate of drug-likeness (QED) is 0.898. The van der Waals surface area contributed by atoms with Crippen molar-refractivity contribution >= 4 is 23.6 Å². The molecule has 1 aliphatic carbocycles. The molecule has 2 aliphatic rings. The van der Waals surface area contributed by atoms with Crippen LogP contribution in [0.15, 0.2) is 22.8 Å². The number of amides is 2. The van der Waals surface area contributed by atoms with E-state index in [4.69, 9.17) is 4.42 Å². The number of carbonyl (C=O) groups is 2. The van der Waals surface area contributed by atoms with Gasteiger partial charge in [0.1, 0.15) is 6.04 Å². The molecule has 1 saturated heterocycles. The third kappa shape index (κ3) is 3.57. The zero-order chi connectivity index (χ0) is 16.2. The number of nitrogens with one attached hydrogen (secondary N) is 1. The van der Waals surface area contributed by atoms with E-state index in [2.05, 4.69) is 12.2 Å². The Morgan fingerprint density at radius 3 is 2.96 bits per heavy atom. The molecule has 1 N–H and O–H groups in total. The molecular formula is C17H24N2O3S. The Kier molecular flexibility index (Phi) is 5.30. The first-order valence-corrected chi connectivity index (χ1v) is 9.52. The predicted octanol–water partition coefficient (Wildman–Crippen LogP) is 2.67. The first-order valence-electron chi connectivity index (χ1n) is 8.47. The Morgan fingerprint density at radius 2 is 2.22 bits per heavy atom. The van der Waals surface area contributed by atoms with Crippen molar-refractivity contribution in [2.24, 2.45) is 0 Å². The summed E-state index contributed by atoms with van der Waals surface area (Å²) in [6.07, 6.45) is 6.47. The van der Waals surface area contributed by atoms with E-state index < -0.39 is 0 Å². The Hall–Kier alpha value is -1.43. The molecule has 1 aromatic rings. The van der Waals surface area contributed by atoms with Crippen LogP contribution in [0, 0.1) is 0 Å². The maximum absolute atomic E-state index is 12.7. The standard InChI is InChI=1S/C17H24N2O3S/c1-2-23-15-9-3-6-12(15)18-16(20)13-7-4-10-19(13)17(21)14-8-5-11-22-14/h5,8,11-13,15H,2-4,6-7,9-10H2,1H3,(H,18,20)/t12-,13+,15-/m1/s1. The Morgan fingerprint density at radius 1 is 1.35 bits per heavy atom. The number of furan rings is 1. The smallest absolute Gasteiger partial charge is 0.290 e. The van der Waals surface area contributed by atoms with Crippen molar-refractivity contribution in [3.8, 4) is 0 Å². The number of thioether (sulfide) groups is 1. The van der Waals surface area contributed by atoms with Crippen molar-refractivity contribution in [3.05, 3.63) is 24.2 Å². The molecule has 0 radical (unpaired) electrons.